The molecule has 2 aromatic rings. The number of sulfonamides is 1. The maximum atomic E-state index is 12.5. The summed E-state index contributed by atoms with van der Waals surface area (Å²) in [6.45, 7) is 2.96. The van der Waals surface area contributed by atoms with Gasteiger partial charge >= 0.3 is 0 Å². The summed E-state index contributed by atoms with van der Waals surface area (Å²) in [7, 11) is -3.73. The third kappa shape index (κ3) is 5.00. The molecule has 6 nitrogen and oxygen atoms in total. The van der Waals surface area contributed by atoms with Crippen molar-refractivity contribution < 1.29 is 17.9 Å². The molecule has 0 unspecified atom stereocenters. The van der Waals surface area contributed by atoms with E-state index < -0.39 is 10.0 Å². The fourth-order valence-corrected chi connectivity index (χ4v) is 4.11. The minimum atomic E-state index is -3.73. The van der Waals surface area contributed by atoms with Gasteiger partial charge < -0.3 is 10.1 Å². The Labute approximate surface area is 163 Å². The molecule has 2 N–H and O–H groups in total. The molecule has 1 heterocycles. The first-order chi connectivity index (χ1) is 12.8. The van der Waals surface area contributed by atoms with Gasteiger partial charge in [-0.2, -0.15) is 0 Å². The smallest absolute Gasteiger partial charge is 0.261 e. The second-order valence-corrected chi connectivity index (χ2v) is 8.55. The van der Waals surface area contributed by atoms with E-state index in [1.54, 1.807) is 25.1 Å². The number of ether oxygens (including phenoxy) is 1. The number of aryl methyl sites for hydroxylation is 1. The van der Waals surface area contributed by atoms with Crippen molar-refractivity contribution in [2.75, 3.05) is 17.9 Å². The molecule has 1 amide bonds. The third-order valence-electron chi connectivity index (χ3n) is 4.37. The molecule has 3 rings (SSSR count). The maximum absolute atomic E-state index is 12.5. The van der Waals surface area contributed by atoms with Gasteiger partial charge in [-0.25, -0.2) is 8.42 Å². The SMILES string of the molecule is Cc1cc(C(=O)NC[C@H]2CCCO2)ccc1NS(=O)(=O)c1ccc(Cl)cc1. The minimum Gasteiger partial charge on any atom is -0.376 e. The van der Waals surface area contributed by atoms with Crippen molar-refractivity contribution in [3.63, 3.8) is 0 Å². The van der Waals surface area contributed by atoms with Crippen LogP contribution in [-0.2, 0) is 14.8 Å². The molecule has 0 spiro atoms. The number of anilines is 1. The van der Waals surface area contributed by atoms with Gasteiger partial charge in [0.25, 0.3) is 15.9 Å². The Hall–Kier alpha value is -2.09. The Morgan fingerprint density at radius 3 is 2.59 bits per heavy atom. The number of carbonyl (C=O) groups excluding carboxylic acids is 1. The van der Waals surface area contributed by atoms with Gasteiger partial charge in [-0.05, 0) is 67.8 Å². The largest absolute Gasteiger partial charge is 0.376 e. The Morgan fingerprint density at radius 2 is 1.96 bits per heavy atom. The number of amides is 1. The van der Waals surface area contributed by atoms with E-state index >= 15 is 0 Å². The fourth-order valence-electron chi connectivity index (χ4n) is 2.85. The molecule has 0 aliphatic carbocycles. The third-order valence-corrected chi connectivity index (χ3v) is 6.00. The molecular weight excluding hydrogens is 388 g/mol. The molecule has 0 bridgehead atoms. The van der Waals surface area contributed by atoms with Crippen LogP contribution in [0.3, 0.4) is 0 Å². The molecule has 0 radical (unpaired) electrons. The fraction of sp³-hybridized carbons (Fsp3) is 0.316. The number of nitrogens with one attached hydrogen (secondary N) is 2. The zero-order valence-corrected chi connectivity index (χ0v) is 16.4. The van der Waals surface area contributed by atoms with E-state index in [9.17, 15) is 13.2 Å². The van der Waals surface area contributed by atoms with E-state index in [-0.39, 0.29) is 16.9 Å². The molecule has 8 heteroatoms. The molecule has 0 aromatic heterocycles. The number of halogens is 1. The van der Waals surface area contributed by atoms with E-state index in [1.807, 2.05) is 0 Å². The highest BCUT2D eigenvalue weighted by Crippen LogP contribution is 2.22. The van der Waals surface area contributed by atoms with Crippen LogP contribution in [0.5, 0.6) is 0 Å². The lowest BCUT2D eigenvalue weighted by atomic mass is 10.1. The molecular formula is C19H21ClN2O4S. The molecule has 1 saturated heterocycles. The van der Waals surface area contributed by atoms with Gasteiger partial charge in [-0.1, -0.05) is 11.6 Å². The summed E-state index contributed by atoms with van der Waals surface area (Å²) in [6.07, 6.45) is 2.04. The summed E-state index contributed by atoms with van der Waals surface area (Å²) in [5.74, 6) is -0.208. The quantitative estimate of drug-likeness (QED) is 0.767. The van der Waals surface area contributed by atoms with Crippen molar-refractivity contribution in [1.29, 1.82) is 0 Å². The van der Waals surface area contributed by atoms with Crippen molar-refractivity contribution in [2.24, 2.45) is 0 Å². The van der Waals surface area contributed by atoms with E-state index in [0.29, 0.717) is 28.4 Å². The van der Waals surface area contributed by atoms with Crippen LogP contribution in [0.15, 0.2) is 47.4 Å². The van der Waals surface area contributed by atoms with Gasteiger partial charge in [0.05, 0.1) is 16.7 Å². The van der Waals surface area contributed by atoms with Crippen molar-refractivity contribution in [1.82, 2.24) is 5.32 Å². The lowest BCUT2D eigenvalue weighted by Gasteiger charge is -2.13. The van der Waals surface area contributed by atoms with Crippen LogP contribution in [0, 0.1) is 6.92 Å². The van der Waals surface area contributed by atoms with E-state index in [1.165, 1.54) is 24.3 Å². The van der Waals surface area contributed by atoms with Gasteiger partial charge in [0, 0.05) is 23.7 Å². The topological polar surface area (TPSA) is 84.5 Å². The van der Waals surface area contributed by atoms with Gasteiger partial charge in [0.2, 0.25) is 0 Å². The highest BCUT2D eigenvalue weighted by atomic mass is 35.5. The van der Waals surface area contributed by atoms with Crippen LogP contribution in [0.25, 0.3) is 0 Å². The number of rotatable bonds is 6. The summed E-state index contributed by atoms with van der Waals surface area (Å²) in [6, 6.07) is 10.8. The zero-order chi connectivity index (χ0) is 19.4. The molecule has 1 aliphatic rings. The number of hydrogen-bond acceptors (Lipinski definition) is 4. The molecule has 0 saturated carbocycles. The Morgan fingerprint density at radius 1 is 1.22 bits per heavy atom. The van der Waals surface area contributed by atoms with Gasteiger partial charge in [-0.3, -0.25) is 9.52 Å². The van der Waals surface area contributed by atoms with Crippen LogP contribution in [0.4, 0.5) is 5.69 Å². The van der Waals surface area contributed by atoms with Crippen molar-refractivity contribution in [3.8, 4) is 0 Å². The average molecular weight is 409 g/mol. The zero-order valence-electron chi connectivity index (χ0n) is 14.9. The molecule has 1 aliphatic heterocycles. The van der Waals surface area contributed by atoms with Crippen molar-refractivity contribution in [2.45, 2.75) is 30.8 Å². The van der Waals surface area contributed by atoms with E-state index in [2.05, 4.69) is 10.0 Å². The second-order valence-electron chi connectivity index (χ2n) is 6.43. The summed E-state index contributed by atoms with van der Waals surface area (Å²) in [5.41, 5.74) is 1.54. The van der Waals surface area contributed by atoms with Gasteiger partial charge in [0.15, 0.2) is 0 Å². The highest BCUT2D eigenvalue weighted by molar-refractivity contribution is 7.92. The summed E-state index contributed by atoms with van der Waals surface area (Å²) < 4.78 is 33.0. The first-order valence-corrected chi connectivity index (χ1v) is 10.5. The molecule has 144 valence electrons. The maximum Gasteiger partial charge on any atom is 0.261 e. The van der Waals surface area contributed by atoms with Gasteiger partial charge in [0.1, 0.15) is 0 Å². The number of benzene rings is 2. The van der Waals surface area contributed by atoms with Gasteiger partial charge in [-0.15, -0.1) is 0 Å². The Bertz CT molecular complexity index is 923. The molecule has 1 fully saturated rings. The summed E-state index contributed by atoms with van der Waals surface area (Å²) >= 11 is 5.80. The predicted octanol–water partition coefficient (Wildman–Crippen LogP) is 3.36. The summed E-state index contributed by atoms with van der Waals surface area (Å²) in [5, 5.41) is 3.31. The number of hydrogen-bond donors (Lipinski definition) is 2. The summed E-state index contributed by atoms with van der Waals surface area (Å²) in [4.78, 5) is 12.4. The lowest BCUT2D eigenvalue weighted by molar-refractivity contribution is 0.0857. The predicted molar refractivity (Wildman–Crippen MR) is 105 cm³/mol. The molecule has 1 atom stereocenters. The monoisotopic (exact) mass is 408 g/mol. The standard InChI is InChI=1S/C19H21ClN2O4S/c1-13-11-14(19(23)21-12-16-3-2-10-26-16)4-9-18(13)22-27(24,25)17-7-5-15(20)6-8-17/h4-9,11,16,22H,2-3,10,12H2,1H3,(H,21,23)/t16-/m1/s1. The molecule has 2 aromatic carbocycles. The van der Waals surface area contributed by atoms with E-state index in [0.717, 1.165) is 19.4 Å². The van der Waals surface area contributed by atoms with Crippen LogP contribution in [-0.4, -0.2) is 33.6 Å². The van der Waals surface area contributed by atoms with Crippen LogP contribution in [0.2, 0.25) is 5.02 Å². The van der Waals surface area contributed by atoms with Crippen LogP contribution in [0.1, 0.15) is 28.8 Å². The Kier molecular flexibility index (Phi) is 6.04. The van der Waals surface area contributed by atoms with E-state index in [4.69, 9.17) is 16.3 Å². The first kappa shape index (κ1) is 19.7. The Balaban J connectivity index is 1.68. The first-order valence-electron chi connectivity index (χ1n) is 8.64. The normalized spacial score (nSPS) is 16.9. The number of carbonyl (C=O) groups is 1. The van der Waals surface area contributed by atoms with Crippen LogP contribution < -0.4 is 10.0 Å². The van der Waals surface area contributed by atoms with Crippen molar-refractivity contribution in [3.05, 3.63) is 58.6 Å². The lowest BCUT2D eigenvalue weighted by Crippen LogP contribution is -2.31. The van der Waals surface area contributed by atoms with Crippen LogP contribution >= 0.6 is 11.6 Å². The molecule has 27 heavy (non-hydrogen) atoms. The second kappa shape index (κ2) is 8.29. The minimum absolute atomic E-state index is 0.0699. The average Bonchev–Trinajstić information content (AvgIpc) is 3.15. The van der Waals surface area contributed by atoms with Crippen molar-refractivity contribution >= 4 is 33.2 Å². The highest BCUT2D eigenvalue weighted by Gasteiger charge is 2.18.